The molecule has 3 N–H and O–H groups in total. The van der Waals surface area contributed by atoms with Crippen molar-refractivity contribution in [2.24, 2.45) is 5.73 Å². The van der Waals surface area contributed by atoms with Crippen LogP contribution in [-0.2, 0) is 14.3 Å². The Morgan fingerprint density at radius 1 is 1.50 bits per heavy atom. The summed E-state index contributed by atoms with van der Waals surface area (Å²) in [5, 5.41) is 8.99. The van der Waals surface area contributed by atoms with Crippen LogP contribution < -0.4 is 5.73 Å². The molecule has 2 atom stereocenters. The van der Waals surface area contributed by atoms with E-state index in [-0.39, 0.29) is 12.5 Å². The van der Waals surface area contributed by atoms with Crippen molar-refractivity contribution in [3.8, 4) is 0 Å². The number of carboxylic acids is 1. The molecule has 0 aromatic rings. The first kappa shape index (κ1) is 11.3. The third kappa shape index (κ3) is 1.78. The molecule has 2 heterocycles. The molecule has 90 valence electrons. The number of amides is 1. The van der Waals surface area contributed by atoms with Crippen LogP contribution in [0.25, 0.3) is 0 Å². The van der Waals surface area contributed by atoms with E-state index in [1.165, 1.54) is 4.90 Å². The fourth-order valence-electron chi connectivity index (χ4n) is 2.30. The lowest BCUT2D eigenvalue weighted by Crippen LogP contribution is -2.58. The second kappa shape index (κ2) is 4.03. The highest BCUT2D eigenvalue weighted by Crippen LogP contribution is 2.25. The van der Waals surface area contributed by atoms with Gasteiger partial charge in [-0.2, -0.15) is 0 Å². The van der Waals surface area contributed by atoms with Gasteiger partial charge in [0.05, 0.1) is 6.61 Å². The van der Waals surface area contributed by atoms with Crippen LogP contribution in [0, 0.1) is 0 Å². The van der Waals surface area contributed by atoms with Gasteiger partial charge in [0.1, 0.15) is 11.6 Å². The van der Waals surface area contributed by atoms with Crippen molar-refractivity contribution >= 4 is 11.9 Å². The number of carboxylic acid groups (broad SMARTS) is 1. The summed E-state index contributed by atoms with van der Waals surface area (Å²) in [6, 6.07) is -0.714. The monoisotopic (exact) mass is 228 g/mol. The summed E-state index contributed by atoms with van der Waals surface area (Å²) in [7, 11) is 0. The lowest BCUT2D eigenvalue weighted by atomic mass is 9.98. The smallest absolute Gasteiger partial charge is 0.326 e. The Balaban J connectivity index is 2.12. The summed E-state index contributed by atoms with van der Waals surface area (Å²) < 4.78 is 5.12. The second-order valence-corrected chi connectivity index (χ2v) is 4.45. The van der Waals surface area contributed by atoms with E-state index in [9.17, 15) is 9.59 Å². The van der Waals surface area contributed by atoms with Crippen LogP contribution in [0.15, 0.2) is 0 Å². The molecule has 0 aromatic carbocycles. The molecule has 0 saturated carbocycles. The standard InChI is InChI=1S/C10H16N2O4/c11-10(3-5-16-6-10)9(15)12-4-1-2-7(12)8(13)14/h7H,1-6,11H2,(H,13,14)/t7-,10?/m1/s1. The van der Waals surface area contributed by atoms with E-state index in [2.05, 4.69) is 0 Å². The normalized spacial score (nSPS) is 34.3. The predicted molar refractivity (Wildman–Crippen MR) is 54.7 cm³/mol. The number of carbonyl (C=O) groups is 2. The zero-order chi connectivity index (χ0) is 11.8. The van der Waals surface area contributed by atoms with Gasteiger partial charge in [-0.05, 0) is 19.3 Å². The summed E-state index contributed by atoms with van der Waals surface area (Å²) in [6.45, 7) is 1.14. The van der Waals surface area contributed by atoms with E-state index >= 15 is 0 Å². The Kier molecular flexibility index (Phi) is 2.86. The summed E-state index contributed by atoms with van der Waals surface area (Å²) >= 11 is 0. The van der Waals surface area contributed by atoms with Crippen molar-refractivity contribution in [1.82, 2.24) is 4.90 Å². The van der Waals surface area contributed by atoms with E-state index < -0.39 is 17.6 Å². The van der Waals surface area contributed by atoms with Gasteiger partial charge in [0.15, 0.2) is 0 Å². The van der Waals surface area contributed by atoms with Crippen molar-refractivity contribution < 1.29 is 19.4 Å². The molecule has 0 radical (unpaired) electrons. The van der Waals surface area contributed by atoms with Crippen molar-refractivity contribution in [2.45, 2.75) is 30.8 Å². The Morgan fingerprint density at radius 3 is 2.81 bits per heavy atom. The van der Waals surface area contributed by atoms with Gasteiger partial charge < -0.3 is 20.5 Å². The maximum Gasteiger partial charge on any atom is 0.326 e. The number of rotatable bonds is 2. The molecule has 16 heavy (non-hydrogen) atoms. The van der Waals surface area contributed by atoms with E-state index in [0.717, 1.165) is 6.42 Å². The molecule has 2 saturated heterocycles. The van der Waals surface area contributed by atoms with Crippen LogP contribution in [-0.4, -0.2) is 53.2 Å². The van der Waals surface area contributed by atoms with Crippen molar-refractivity contribution in [3.63, 3.8) is 0 Å². The summed E-state index contributed by atoms with van der Waals surface area (Å²) in [5.74, 6) is -1.23. The summed E-state index contributed by atoms with van der Waals surface area (Å²) in [5.41, 5.74) is 4.92. The molecular weight excluding hydrogens is 212 g/mol. The minimum atomic E-state index is -1.02. The van der Waals surface area contributed by atoms with Crippen LogP contribution in [0.5, 0.6) is 0 Å². The number of hydrogen-bond donors (Lipinski definition) is 2. The number of nitrogens with two attached hydrogens (primary N) is 1. The first-order chi connectivity index (χ1) is 7.54. The van der Waals surface area contributed by atoms with Crippen molar-refractivity contribution in [1.29, 1.82) is 0 Å². The van der Waals surface area contributed by atoms with Crippen LogP contribution >= 0.6 is 0 Å². The van der Waals surface area contributed by atoms with Crippen LogP contribution in [0.1, 0.15) is 19.3 Å². The molecule has 2 aliphatic rings. The number of carbonyl (C=O) groups excluding carboxylic acids is 1. The summed E-state index contributed by atoms with van der Waals surface area (Å²) in [6.07, 6.45) is 1.70. The molecule has 1 amide bonds. The second-order valence-electron chi connectivity index (χ2n) is 4.45. The zero-order valence-electron chi connectivity index (χ0n) is 9.02. The highest BCUT2D eigenvalue weighted by molar-refractivity contribution is 5.90. The quantitative estimate of drug-likeness (QED) is 0.644. The van der Waals surface area contributed by atoms with Gasteiger partial charge in [0, 0.05) is 13.2 Å². The lowest BCUT2D eigenvalue weighted by Gasteiger charge is -2.29. The molecule has 0 aromatic heterocycles. The number of nitrogens with zero attached hydrogens (tertiary/aromatic N) is 1. The van der Waals surface area contributed by atoms with Crippen molar-refractivity contribution in [3.05, 3.63) is 0 Å². The highest BCUT2D eigenvalue weighted by Gasteiger charge is 2.45. The molecule has 1 unspecified atom stereocenters. The first-order valence-corrected chi connectivity index (χ1v) is 5.45. The average molecular weight is 228 g/mol. The SMILES string of the molecule is NC1(C(=O)N2CCC[C@@H]2C(=O)O)CCOC1. The molecule has 2 rings (SSSR count). The topological polar surface area (TPSA) is 92.9 Å². The predicted octanol–water partition coefficient (Wildman–Crippen LogP) is -0.820. The lowest BCUT2D eigenvalue weighted by molar-refractivity contribution is -0.150. The number of aliphatic carboxylic acids is 1. The Labute approximate surface area is 93.3 Å². The molecule has 0 bridgehead atoms. The third-order valence-electron chi connectivity index (χ3n) is 3.28. The Bertz CT molecular complexity index is 312. The van der Waals surface area contributed by atoms with Crippen molar-refractivity contribution in [2.75, 3.05) is 19.8 Å². The highest BCUT2D eigenvalue weighted by atomic mass is 16.5. The fraction of sp³-hybridized carbons (Fsp3) is 0.800. The van der Waals surface area contributed by atoms with Gasteiger partial charge in [-0.1, -0.05) is 0 Å². The Morgan fingerprint density at radius 2 is 2.25 bits per heavy atom. The average Bonchev–Trinajstić information content (AvgIpc) is 2.85. The maximum atomic E-state index is 12.1. The van der Waals surface area contributed by atoms with Gasteiger partial charge in [0.25, 0.3) is 0 Å². The van der Waals surface area contributed by atoms with E-state index in [4.69, 9.17) is 15.6 Å². The van der Waals surface area contributed by atoms with Gasteiger partial charge >= 0.3 is 5.97 Å². The Hall–Kier alpha value is -1.14. The molecule has 2 aliphatic heterocycles. The number of ether oxygens (including phenoxy) is 1. The largest absolute Gasteiger partial charge is 0.480 e. The van der Waals surface area contributed by atoms with E-state index in [1.807, 2.05) is 0 Å². The molecule has 6 nitrogen and oxygen atoms in total. The van der Waals surface area contributed by atoms with Gasteiger partial charge in [-0.15, -0.1) is 0 Å². The van der Waals surface area contributed by atoms with Crippen LogP contribution in [0.2, 0.25) is 0 Å². The number of likely N-dealkylation sites (tertiary alicyclic amines) is 1. The van der Waals surface area contributed by atoms with E-state index in [1.54, 1.807) is 0 Å². The fourth-order valence-corrected chi connectivity index (χ4v) is 2.30. The molecule has 6 heteroatoms. The van der Waals surface area contributed by atoms with Gasteiger partial charge in [-0.25, -0.2) is 4.79 Å². The molecule has 0 spiro atoms. The van der Waals surface area contributed by atoms with Gasteiger partial charge in [-0.3, -0.25) is 4.79 Å². The molecular formula is C10H16N2O4. The van der Waals surface area contributed by atoms with Crippen LogP contribution in [0.3, 0.4) is 0 Å². The zero-order valence-corrected chi connectivity index (χ0v) is 9.02. The first-order valence-electron chi connectivity index (χ1n) is 5.45. The maximum absolute atomic E-state index is 12.1. The minimum Gasteiger partial charge on any atom is -0.480 e. The molecule has 0 aliphatic carbocycles. The van der Waals surface area contributed by atoms with E-state index in [0.29, 0.717) is 26.0 Å². The number of hydrogen-bond acceptors (Lipinski definition) is 4. The molecule has 2 fully saturated rings. The van der Waals surface area contributed by atoms with Crippen LogP contribution in [0.4, 0.5) is 0 Å². The minimum absolute atomic E-state index is 0.189. The summed E-state index contributed by atoms with van der Waals surface area (Å²) in [4.78, 5) is 24.5. The third-order valence-corrected chi connectivity index (χ3v) is 3.28. The van der Waals surface area contributed by atoms with Gasteiger partial charge in [0.2, 0.25) is 5.91 Å².